The third kappa shape index (κ3) is 1.54. The van der Waals surface area contributed by atoms with Crippen LogP contribution in [0.4, 0.5) is 13.2 Å². The van der Waals surface area contributed by atoms with Crippen molar-refractivity contribution in [3.8, 4) is 0 Å². The molecule has 14 heavy (non-hydrogen) atoms. The number of rotatable bonds is 1. The monoisotopic (exact) mass is 221 g/mol. The molecule has 2 N–H and O–H groups in total. The Balaban J connectivity index is 2.30. The summed E-state index contributed by atoms with van der Waals surface area (Å²) >= 11 is 1.10. The average molecular weight is 221 g/mol. The van der Waals surface area contributed by atoms with Crippen molar-refractivity contribution in [1.82, 2.24) is 0 Å². The predicted molar refractivity (Wildman–Crippen MR) is 49.3 cm³/mol. The summed E-state index contributed by atoms with van der Waals surface area (Å²) in [6, 6.07) is -0.0919. The van der Waals surface area contributed by atoms with Crippen LogP contribution in [0.25, 0.3) is 0 Å². The summed E-state index contributed by atoms with van der Waals surface area (Å²) in [6.07, 6.45) is -2.62. The Bertz CT molecular complexity index is 331. The Kier molecular flexibility index (Phi) is 2.31. The van der Waals surface area contributed by atoms with Crippen LogP contribution in [-0.2, 0) is 6.18 Å². The van der Waals surface area contributed by atoms with Gasteiger partial charge < -0.3 is 5.73 Å². The van der Waals surface area contributed by atoms with E-state index in [4.69, 9.17) is 5.73 Å². The first-order valence-electron chi connectivity index (χ1n) is 4.39. The van der Waals surface area contributed by atoms with Crippen LogP contribution < -0.4 is 5.73 Å². The zero-order valence-electron chi connectivity index (χ0n) is 7.34. The van der Waals surface area contributed by atoms with Crippen LogP contribution in [0.3, 0.4) is 0 Å². The molecule has 1 aromatic rings. The quantitative estimate of drug-likeness (QED) is 0.775. The van der Waals surface area contributed by atoms with Crippen LogP contribution in [0.15, 0.2) is 10.8 Å². The first-order chi connectivity index (χ1) is 6.50. The maximum absolute atomic E-state index is 12.5. The van der Waals surface area contributed by atoms with Crippen molar-refractivity contribution in [1.29, 1.82) is 0 Å². The van der Waals surface area contributed by atoms with Crippen molar-refractivity contribution in [3.63, 3.8) is 0 Å². The Morgan fingerprint density at radius 3 is 2.43 bits per heavy atom. The van der Waals surface area contributed by atoms with Gasteiger partial charge in [-0.25, -0.2) is 0 Å². The number of hydrogen-bond donors (Lipinski definition) is 1. The van der Waals surface area contributed by atoms with E-state index >= 15 is 0 Å². The highest BCUT2D eigenvalue weighted by Crippen LogP contribution is 2.43. The minimum Gasteiger partial charge on any atom is -0.327 e. The molecule has 0 amide bonds. The summed E-state index contributed by atoms with van der Waals surface area (Å²) in [4.78, 5) is 0. The molecule has 1 heterocycles. The maximum Gasteiger partial charge on any atom is 0.417 e. The molecule has 0 spiro atoms. The summed E-state index contributed by atoms with van der Waals surface area (Å²) in [5.41, 5.74) is 5.56. The second kappa shape index (κ2) is 3.24. The molecule has 0 aliphatic heterocycles. The smallest absolute Gasteiger partial charge is 0.327 e. The fourth-order valence-corrected chi connectivity index (χ4v) is 2.66. The molecule has 1 aliphatic rings. The van der Waals surface area contributed by atoms with Crippen molar-refractivity contribution >= 4 is 11.3 Å². The van der Waals surface area contributed by atoms with Gasteiger partial charge in [-0.05, 0) is 23.8 Å². The Hall–Kier alpha value is -0.550. The molecule has 1 aromatic heterocycles. The van der Waals surface area contributed by atoms with Crippen molar-refractivity contribution in [2.45, 2.75) is 31.0 Å². The van der Waals surface area contributed by atoms with Gasteiger partial charge in [0.1, 0.15) is 0 Å². The van der Waals surface area contributed by atoms with Crippen LogP contribution in [0.5, 0.6) is 0 Å². The molecule has 0 saturated heterocycles. The highest BCUT2D eigenvalue weighted by Gasteiger charge is 2.39. The first kappa shape index (κ1) is 9.98. The third-order valence-electron chi connectivity index (χ3n) is 2.72. The minimum atomic E-state index is -4.23. The molecule has 1 fully saturated rings. The first-order valence-corrected chi connectivity index (χ1v) is 5.33. The van der Waals surface area contributed by atoms with Gasteiger partial charge in [-0.2, -0.15) is 24.5 Å². The molecule has 1 saturated carbocycles. The summed E-state index contributed by atoms with van der Waals surface area (Å²) in [6.45, 7) is 0. The summed E-state index contributed by atoms with van der Waals surface area (Å²) in [5, 5.41) is 2.74. The van der Waals surface area contributed by atoms with Crippen molar-refractivity contribution in [2.24, 2.45) is 5.73 Å². The Morgan fingerprint density at radius 2 is 2.00 bits per heavy atom. The summed E-state index contributed by atoms with van der Waals surface area (Å²) in [7, 11) is 0. The van der Waals surface area contributed by atoms with Gasteiger partial charge in [-0.1, -0.05) is 0 Å². The fraction of sp³-hybridized carbons (Fsp3) is 0.556. The molecule has 1 aliphatic carbocycles. The number of alkyl halides is 3. The third-order valence-corrected chi connectivity index (χ3v) is 3.49. The molecular formula is C9H10F3NS. The fourth-order valence-electron chi connectivity index (χ4n) is 1.74. The lowest BCUT2D eigenvalue weighted by molar-refractivity contribution is -0.138. The molecule has 78 valence electrons. The summed E-state index contributed by atoms with van der Waals surface area (Å²) < 4.78 is 37.5. The highest BCUT2D eigenvalue weighted by molar-refractivity contribution is 7.08. The van der Waals surface area contributed by atoms with Gasteiger partial charge in [0.05, 0.1) is 5.56 Å². The van der Waals surface area contributed by atoms with Gasteiger partial charge in [-0.3, -0.25) is 0 Å². The van der Waals surface area contributed by atoms with Crippen molar-refractivity contribution in [3.05, 3.63) is 21.9 Å². The van der Waals surface area contributed by atoms with Crippen LogP contribution in [-0.4, -0.2) is 6.04 Å². The molecule has 0 aromatic carbocycles. The van der Waals surface area contributed by atoms with Gasteiger partial charge in [0.25, 0.3) is 0 Å². The zero-order valence-corrected chi connectivity index (χ0v) is 8.16. The standard InChI is InChI=1S/C9H10F3NS/c10-9(11,12)7-4-14-3-6(7)5-1-2-8(5)13/h3-5,8H,1-2,13H2. The molecular weight excluding hydrogens is 211 g/mol. The number of halogens is 3. The molecule has 2 rings (SSSR count). The van der Waals surface area contributed by atoms with E-state index in [2.05, 4.69) is 0 Å². The van der Waals surface area contributed by atoms with E-state index in [0.717, 1.165) is 24.2 Å². The van der Waals surface area contributed by atoms with E-state index in [0.29, 0.717) is 5.56 Å². The lowest BCUT2D eigenvalue weighted by Crippen LogP contribution is -2.38. The van der Waals surface area contributed by atoms with Gasteiger partial charge in [0.2, 0.25) is 0 Å². The molecule has 0 radical (unpaired) electrons. The van der Waals surface area contributed by atoms with Gasteiger partial charge in [-0.15, -0.1) is 0 Å². The van der Waals surface area contributed by atoms with Crippen LogP contribution >= 0.6 is 11.3 Å². The average Bonchev–Trinajstić information content (AvgIpc) is 2.49. The SMILES string of the molecule is NC1CCC1c1cscc1C(F)(F)F. The Morgan fingerprint density at radius 1 is 1.29 bits per heavy atom. The zero-order chi connectivity index (χ0) is 10.3. The van der Waals surface area contributed by atoms with E-state index in [1.165, 1.54) is 5.38 Å². The minimum absolute atomic E-state index is 0.0853. The van der Waals surface area contributed by atoms with E-state index < -0.39 is 11.7 Å². The van der Waals surface area contributed by atoms with E-state index in [1.807, 2.05) is 0 Å². The molecule has 2 unspecified atom stereocenters. The largest absolute Gasteiger partial charge is 0.417 e. The second-order valence-electron chi connectivity index (χ2n) is 3.59. The van der Waals surface area contributed by atoms with Crippen LogP contribution in [0.2, 0.25) is 0 Å². The molecule has 1 nitrogen and oxygen atoms in total. The van der Waals surface area contributed by atoms with E-state index in [-0.39, 0.29) is 12.0 Å². The highest BCUT2D eigenvalue weighted by atomic mass is 32.1. The second-order valence-corrected chi connectivity index (χ2v) is 4.33. The lowest BCUT2D eigenvalue weighted by Gasteiger charge is -2.34. The van der Waals surface area contributed by atoms with Gasteiger partial charge in [0.15, 0.2) is 0 Å². The van der Waals surface area contributed by atoms with Crippen LogP contribution in [0, 0.1) is 0 Å². The van der Waals surface area contributed by atoms with Gasteiger partial charge in [0, 0.05) is 17.3 Å². The topological polar surface area (TPSA) is 26.0 Å². The maximum atomic E-state index is 12.5. The predicted octanol–water partition coefficient (Wildman–Crippen LogP) is 2.97. The number of thiophene rings is 1. The van der Waals surface area contributed by atoms with Crippen molar-refractivity contribution in [2.75, 3.05) is 0 Å². The lowest BCUT2D eigenvalue weighted by atomic mass is 9.75. The van der Waals surface area contributed by atoms with Crippen molar-refractivity contribution < 1.29 is 13.2 Å². The molecule has 0 bridgehead atoms. The normalized spacial score (nSPS) is 27.4. The molecule has 2 atom stereocenters. The number of hydrogen-bond acceptors (Lipinski definition) is 2. The van der Waals surface area contributed by atoms with E-state index in [9.17, 15) is 13.2 Å². The van der Waals surface area contributed by atoms with Gasteiger partial charge >= 0.3 is 6.18 Å². The summed E-state index contributed by atoms with van der Waals surface area (Å²) in [5.74, 6) is -0.0853. The number of nitrogens with two attached hydrogens (primary N) is 1. The molecule has 5 heteroatoms. The van der Waals surface area contributed by atoms with E-state index in [1.54, 1.807) is 5.38 Å². The Labute approximate surface area is 83.7 Å². The van der Waals surface area contributed by atoms with Crippen LogP contribution in [0.1, 0.15) is 29.9 Å².